The Morgan fingerprint density at radius 1 is 0.485 bits per heavy atom. The first-order valence-corrected chi connectivity index (χ1v) is 15.6. The maximum atomic E-state index is 9.41. The van der Waals surface area contributed by atoms with Crippen molar-refractivity contribution in [2.45, 2.75) is 99.8 Å². The molecule has 0 aliphatic rings. The average Bonchev–Trinajstić information content (AvgIpc) is 2.75. The summed E-state index contributed by atoms with van der Waals surface area (Å²) in [6.07, 6.45) is 19.4. The minimum atomic E-state index is -1.55. The molecule has 0 atom stereocenters. The van der Waals surface area contributed by atoms with Gasteiger partial charge in [-0.1, -0.05) is 0 Å². The van der Waals surface area contributed by atoms with Gasteiger partial charge in [-0.2, -0.15) is 0 Å². The van der Waals surface area contributed by atoms with E-state index in [0.717, 1.165) is 0 Å². The first kappa shape index (κ1) is 35.7. The molecule has 9 heteroatoms. The summed E-state index contributed by atoms with van der Waals surface area (Å²) < 4.78 is 3.31. The van der Waals surface area contributed by atoms with E-state index in [1.807, 2.05) is 0 Å². The van der Waals surface area contributed by atoms with Crippen LogP contribution < -0.4 is 20.4 Å². The number of rotatable bonds is 18. The molecule has 0 aromatic rings. The Kier molecular flexibility index (Phi) is 32.7. The predicted octanol–water partition coefficient (Wildman–Crippen LogP) is 0.333. The molecule has 0 fully saturated rings. The van der Waals surface area contributed by atoms with Crippen LogP contribution in [0.4, 0.5) is 0 Å². The fraction of sp³-hybridized carbons (Fsp3) is 0.667. The topological polar surface area (TPSA) is 161 Å². The predicted molar refractivity (Wildman–Crippen MR) is 120 cm³/mol. The van der Waals surface area contributed by atoms with E-state index in [1.54, 1.807) is 21.7 Å². The number of aliphatic carboxylic acids is 4. The van der Waals surface area contributed by atoms with Crippen molar-refractivity contribution in [1.82, 2.24) is 0 Å². The number of carboxylic acid groups (broad SMARTS) is 4. The Balaban J connectivity index is -0.000000468. The Labute approximate surface area is 208 Å². The molecule has 0 saturated carbocycles. The minimum Gasteiger partial charge on any atom is -0.545 e. The van der Waals surface area contributed by atoms with Crippen LogP contribution in [0.1, 0.15) is 90.9 Å². The van der Waals surface area contributed by atoms with Gasteiger partial charge < -0.3 is 39.6 Å². The first-order valence-electron chi connectivity index (χ1n) is 11.6. The van der Waals surface area contributed by atoms with Crippen molar-refractivity contribution in [3.8, 4) is 0 Å². The molecule has 0 aliphatic heterocycles. The zero-order valence-electron chi connectivity index (χ0n) is 20.0. The Morgan fingerprint density at radius 3 is 0.970 bits per heavy atom. The first-order chi connectivity index (χ1) is 15.7. The van der Waals surface area contributed by atoms with E-state index in [1.165, 1.54) is 64.2 Å². The summed E-state index contributed by atoms with van der Waals surface area (Å²) >= 11 is 0.0736. The molecule has 0 bridgehead atoms. The van der Waals surface area contributed by atoms with Crippen molar-refractivity contribution in [1.29, 1.82) is 0 Å². The van der Waals surface area contributed by atoms with Crippen molar-refractivity contribution in [3.63, 3.8) is 0 Å². The summed E-state index contributed by atoms with van der Waals surface area (Å²) in [5, 5.41) is 37.7. The van der Waals surface area contributed by atoms with Crippen molar-refractivity contribution >= 4 is 45.0 Å². The number of carbonyl (C=O) groups is 4. The van der Waals surface area contributed by atoms with Gasteiger partial charge in [0.2, 0.25) is 0 Å². The standard InChI is InChI=1S/2C8H17.2C4H4O4.Sn/c2*1-3-5-7-8-6-4-2;2*5-3(6)1-2-4(7)8;/h2*1,3-8H2,2H3;2*1-2H,(H,5,6)(H,7,8);/q;;;;+4/p-4/b;;2*2-1-;. The van der Waals surface area contributed by atoms with E-state index in [2.05, 4.69) is 13.8 Å². The second kappa shape index (κ2) is 30.2. The van der Waals surface area contributed by atoms with Crippen molar-refractivity contribution in [3.05, 3.63) is 24.3 Å². The third kappa shape index (κ3) is 48.7. The van der Waals surface area contributed by atoms with Gasteiger partial charge in [-0.3, -0.25) is 0 Å². The molecule has 0 aliphatic carbocycles. The van der Waals surface area contributed by atoms with Crippen LogP contribution in [0.2, 0.25) is 8.87 Å². The molecule has 0 N–H and O–H groups in total. The van der Waals surface area contributed by atoms with E-state index < -0.39 is 23.9 Å². The van der Waals surface area contributed by atoms with Gasteiger partial charge in [0.15, 0.2) is 0 Å². The Hall–Kier alpha value is -1.84. The number of unbranched alkanes of at least 4 members (excludes halogenated alkanes) is 10. The van der Waals surface area contributed by atoms with Crippen LogP contribution in [-0.2, 0) is 19.2 Å². The van der Waals surface area contributed by atoms with Gasteiger partial charge in [-0.25, -0.2) is 0 Å². The van der Waals surface area contributed by atoms with Gasteiger partial charge in [-0.05, 0) is 24.3 Å². The summed E-state index contributed by atoms with van der Waals surface area (Å²) in [5.41, 5.74) is 0. The summed E-state index contributed by atoms with van der Waals surface area (Å²) in [6.45, 7) is 4.60. The summed E-state index contributed by atoms with van der Waals surface area (Å²) in [6, 6.07) is 0. The largest absolute Gasteiger partial charge is 0.545 e. The van der Waals surface area contributed by atoms with Crippen LogP contribution in [0.25, 0.3) is 0 Å². The molecule has 186 valence electrons. The van der Waals surface area contributed by atoms with Crippen molar-refractivity contribution in [2.75, 3.05) is 0 Å². The fourth-order valence-corrected chi connectivity index (χ4v) is 6.03. The summed E-state index contributed by atoms with van der Waals surface area (Å²) in [4.78, 5) is 37.7. The summed E-state index contributed by atoms with van der Waals surface area (Å²) in [7, 11) is 0. The average molecular weight is 573 g/mol. The van der Waals surface area contributed by atoms with Gasteiger partial charge in [-0.15, -0.1) is 0 Å². The second-order valence-electron chi connectivity index (χ2n) is 7.23. The van der Waals surface area contributed by atoms with E-state index in [0.29, 0.717) is 24.3 Å². The quantitative estimate of drug-likeness (QED) is 0.129. The third-order valence-electron chi connectivity index (χ3n) is 4.13. The monoisotopic (exact) mass is 574 g/mol. The molecule has 0 unspecified atom stereocenters. The molecule has 0 heterocycles. The molecule has 33 heavy (non-hydrogen) atoms. The van der Waals surface area contributed by atoms with Gasteiger partial charge in [0.05, 0.1) is 23.9 Å². The van der Waals surface area contributed by atoms with E-state index in [4.69, 9.17) is 0 Å². The molecule has 0 amide bonds. The molecule has 0 saturated heterocycles. The van der Waals surface area contributed by atoms with E-state index >= 15 is 0 Å². The van der Waals surface area contributed by atoms with Gasteiger partial charge in [0, 0.05) is 0 Å². The van der Waals surface area contributed by atoms with Crippen LogP contribution in [0, 0.1) is 0 Å². The SMILES string of the molecule is CCCCCCC[CH2][Sn+4][CH2]CCCCCCC.O=C([O-])/C=C\C(=O)[O-].O=C([O-])/C=C\C(=O)[O-]. The van der Waals surface area contributed by atoms with Crippen LogP contribution in [0.3, 0.4) is 0 Å². The molecule has 0 spiro atoms. The van der Waals surface area contributed by atoms with Crippen LogP contribution in [0.15, 0.2) is 24.3 Å². The number of hydrogen-bond donors (Lipinski definition) is 0. The van der Waals surface area contributed by atoms with Gasteiger partial charge >= 0.3 is 121 Å². The maximum Gasteiger partial charge on any atom is 0.0643 e. The normalized spacial score (nSPS) is 10.2. The summed E-state index contributed by atoms with van der Waals surface area (Å²) in [5.74, 6) is -6.19. The van der Waals surface area contributed by atoms with E-state index in [-0.39, 0.29) is 21.1 Å². The van der Waals surface area contributed by atoms with Crippen LogP contribution in [-0.4, -0.2) is 45.0 Å². The maximum absolute atomic E-state index is 9.41. The zero-order valence-corrected chi connectivity index (χ0v) is 22.8. The fourth-order valence-electron chi connectivity index (χ4n) is 2.46. The molecule has 6 radical (unpaired) electrons. The Bertz CT molecular complexity index is 479. The number of hydrogen-bond acceptors (Lipinski definition) is 8. The van der Waals surface area contributed by atoms with Gasteiger partial charge in [0.25, 0.3) is 0 Å². The minimum absolute atomic E-state index is 0.0736. The third-order valence-corrected chi connectivity index (χ3v) is 8.16. The van der Waals surface area contributed by atoms with E-state index in [9.17, 15) is 39.6 Å². The molecule has 0 aromatic heterocycles. The smallest absolute Gasteiger partial charge is 0.0643 e. The molecular formula is C24H38O8Sn. The molecule has 0 rings (SSSR count). The van der Waals surface area contributed by atoms with Crippen LogP contribution in [0.5, 0.6) is 0 Å². The Morgan fingerprint density at radius 2 is 0.727 bits per heavy atom. The molecule has 8 nitrogen and oxygen atoms in total. The molecule has 0 aromatic carbocycles. The molecular weight excluding hydrogens is 535 g/mol. The van der Waals surface area contributed by atoms with Gasteiger partial charge in [0.1, 0.15) is 0 Å². The number of carboxylic acids is 4. The second-order valence-corrected chi connectivity index (χ2v) is 11.5. The zero-order chi connectivity index (χ0) is 25.7. The van der Waals surface area contributed by atoms with Crippen LogP contribution >= 0.6 is 0 Å². The number of carbonyl (C=O) groups excluding carboxylic acids is 4. The van der Waals surface area contributed by atoms with Crippen molar-refractivity contribution in [2.24, 2.45) is 0 Å². The van der Waals surface area contributed by atoms with Crippen molar-refractivity contribution < 1.29 is 39.6 Å².